The van der Waals surface area contributed by atoms with Gasteiger partial charge in [-0.1, -0.05) is 0 Å². The van der Waals surface area contributed by atoms with Gasteiger partial charge in [0, 0.05) is 12.7 Å². The van der Waals surface area contributed by atoms with Crippen LogP contribution in [0.5, 0.6) is 0 Å². The Bertz CT molecular complexity index is 297. The Morgan fingerprint density at radius 3 is 2.83 bits per heavy atom. The zero-order chi connectivity index (χ0) is 9.14. The predicted octanol–water partition coefficient (Wildman–Crippen LogP) is -0.385. The van der Waals surface area contributed by atoms with E-state index in [4.69, 9.17) is 0 Å². The Morgan fingerprint density at radius 2 is 2.42 bits per heavy atom. The monoisotopic (exact) mass is 167 g/mol. The number of nitrogens with zero attached hydrogens (tertiary/aromatic N) is 2. The number of rotatable bonds is 2. The van der Waals surface area contributed by atoms with Crippen LogP contribution in [0.2, 0.25) is 0 Å². The SMILES string of the molecule is Cc1cc(C(=O)NC=O)nn1C. The largest absolute Gasteiger partial charge is 0.294 e. The molecule has 1 rings (SSSR count). The number of carbonyl (C=O) groups is 2. The third-order valence-corrected chi connectivity index (χ3v) is 1.54. The summed E-state index contributed by atoms with van der Waals surface area (Å²) in [4.78, 5) is 20.9. The van der Waals surface area contributed by atoms with Gasteiger partial charge in [-0.25, -0.2) is 0 Å². The van der Waals surface area contributed by atoms with Crippen LogP contribution in [-0.4, -0.2) is 22.1 Å². The summed E-state index contributed by atoms with van der Waals surface area (Å²) < 4.78 is 1.57. The Labute approximate surface area is 69.4 Å². The summed E-state index contributed by atoms with van der Waals surface area (Å²) >= 11 is 0. The second-order valence-electron chi connectivity index (χ2n) is 2.39. The average molecular weight is 167 g/mol. The molecular formula is C7H9N3O2. The molecule has 0 aromatic carbocycles. The van der Waals surface area contributed by atoms with Crippen molar-refractivity contribution >= 4 is 12.3 Å². The van der Waals surface area contributed by atoms with Crippen molar-refractivity contribution in [2.24, 2.45) is 7.05 Å². The first-order valence-electron chi connectivity index (χ1n) is 3.40. The van der Waals surface area contributed by atoms with E-state index in [0.29, 0.717) is 6.41 Å². The van der Waals surface area contributed by atoms with Crippen LogP contribution in [0, 0.1) is 6.92 Å². The van der Waals surface area contributed by atoms with Gasteiger partial charge in [0.15, 0.2) is 5.69 Å². The minimum atomic E-state index is -0.478. The Kier molecular flexibility index (Phi) is 2.23. The topological polar surface area (TPSA) is 64.0 Å². The molecule has 0 bridgehead atoms. The molecule has 0 aliphatic rings. The van der Waals surface area contributed by atoms with Crippen LogP contribution in [0.25, 0.3) is 0 Å². The van der Waals surface area contributed by atoms with Crippen molar-refractivity contribution in [3.63, 3.8) is 0 Å². The molecule has 0 radical (unpaired) electrons. The molecule has 0 aliphatic heterocycles. The number of aryl methyl sites for hydroxylation is 2. The molecule has 5 nitrogen and oxygen atoms in total. The molecule has 12 heavy (non-hydrogen) atoms. The van der Waals surface area contributed by atoms with E-state index in [1.165, 1.54) is 0 Å². The van der Waals surface area contributed by atoms with Gasteiger partial charge in [0.1, 0.15) is 0 Å². The fourth-order valence-corrected chi connectivity index (χ4v) is 0.799. The van der Waals surface area contributed by atoms with Gasteiger partial charge < -0.3 is 0 Å². The number of aromatic nitrogens is 2. The second kappa shape index (κ2) is 3.17. The minimum absolute atomic E-state index is 0.252. The van der Waals surface area contributed by atoms with E-state index in [1.54, 1.807) is 17.8 Å². The first-order chi connectivity index (χ1) is 5.65. The molecule has 0 unspecified atom stereocenters. The summed E-state index contributed by atoms with van der Waals surface area (Å²) in [5.74, 6) is -0.478. The lowest BCUT2D eigenvalue weighted by Gasteiger charge is -1.90. The summed E-state index contributed by atoms with van der Waals surface area (Å²) in [6.45, 7) is 1.82. The van der Waals surface area contributed by atoms with E-state index in [0.717, 1.165) is 5.69 Å². The molecule has 0 saturated carbocycles. The lowest BCUT2D eigenvalue weighted by Crippen LogP contribution is -2.21. The van der Waals surface area contributed by atoms with Gasteiger partial charge in [-0.15, -0.1) is 0 Å². The fourth-order valence-electron chi connectivity index (χ4n) is 0.799. The van der Waals surface area contributed by atoms with Crippen molar-refractivity contribution < 1.29 is 9.59 Å². The van der Waals surface area contributed by atoms with Crippen molar-refractivity contribution in [3.8, 4) is 0 Å². The number of nitrogens with one attached hydrogen (secondary N) is 1. The van der Waals surface area contributed by atoms with E-state index in [9.17, 15) is 9.59 Å². The summed E-state index contributed by atoms with van der Waals surface area (Å²) in [5.41, 5.74) is 1.12. The molecule has 0 aliphatic carbocycles. The molecule has 64 valence electrons. The van der Waals surface area contributed by atoms with Gasteiger partial charge in [-0.05, 0) is 13.0 Å². The lowest BCUT2D eigenvalue weighted by atomic mass is 10.3. The van der Waals surface area contributed by atoms with Gasteiger partial charge in [0.2, 0.25) is 6.41 Å². The number of imide groups is 1. The molecular weight excluding hydrogens is 158 g/mol. The molecule has 1 N–H and O–H groups in total. The number of hydrogen-bond acceptors (Lipinski definition) is 3. The average Bonchev–Trinajstić information content (AvgIpc) is 2.33. The normalized spacial score (nSPS) is 9.50. The maximum atomic E-state index is 11.0. The number of hydrogen-bond donors (Lipinski definition) is 1. The lowest BCUT2D eigenvalue weighted by molar-refractivity contribution is -0.108. The van der Waals surface area contributed by atoms with E-state index >= 15 is 0 Å². The van der Waals surface area contributed by atoms with E-state index in [1.807, 2.05) is 12.2 Å². The minimum Gasteiger partial charge on any atom is -0.294 e. The van der Waals surface area contributed by atoms with E-state index in [-0.39, 0.29) is 5.69 Å². The summed E-state index contributed by atoms with van der Waals surface area (Å²) in [6.07, 6.45) is 0.340. The third kappa shape index (κ3) is 1.50. The second-order valence-corrected chi connectivity index (χ2v) is 2.39. The summed E-state index contributed by atoms with van der Waals surface area (Å²) in [5, 5.41) is 5.88. The van der Waals surface area contributed by atoms with Crippen LogP contribution in [0.1, 0.15) is 16.2 Å². The zero-order valence-corrected chi connectivity index (χ0v) is 6.87. The predicted molar refractivity (Wildman–Crippen MR) is 41.5 cm³/mol. The van der Waals surface area contributed by atoms with Crippen LogP contribution >= 0.6 is 0 Å². The van der Waals surface area contributed by atoms with Crippen molar-refractivity contribution in [1.29, 1.82) is 0 Å². The first kappa shape index (κ1) is 8.45. The van der Waals surface area contributed by atoms with E-state index < -0.39 is 5.91 Å². The maximum absolute atomic E-state index is 11.0. The third-order valence-electron chi connectivity index (χ3n) is 1.54. The van der Waals surface area contributed by atoms with Crippen molar-refractivity contribution in [1.82, 2.24) is 15.1 Å². The Morgan fingerprint density at radius 1 is 1.75 bits per heavy atom. The van der Waals surface area contributed by atoms with Crippen molar-refractivity contribution in [2.45, 2.75) is 6.92 Å². The van der Waals surface area contributed by atoms with Crippen LogP contribution in [-0.2, 0) is 11.8 Å². The molecule has 0 saturated heterocycles. The molecule has 1 aromatic heterocycles. The molecule has 1 heterocycles. The molecule has 0 fully saturated rings. The number of carbonyl (C=O) groups excluding carboxylic acids is 2. The quantitative estimate of drug-likeness (QED) is 0.610. The highest BCUT2D eigenvalue weighted by Crippen LogP contribution is 1.99. The van der Waals surface area contributed by atoms with Gasteiger partial charge in [-0.2, -0.15) is 5.10 Å². The highest BCUT2D eigenvalue weighted by atomic mass is 16.2. The fraction of sp³-hybridized carbons (Fsp3) is 0.286. The van der Waals surface area contributed by atoms with Crippen LogP contribution in [0.15, 0.2) is 6.07 Å². The highest BCUT2D eigenvalue weighted by Gasteiger charge is 2.08. The first-order valence-corrected chi connectivity index (χ1v) is 3.40. The van der Waals surface area contributed by atoms with Gasteiger partial charge in [-0.3, -0.25) is 19.6 Å². The van der Waals surface area contributed by atoms with Crippen LogP contribution < -0.4 is 5.32 Å². The van der Waals surface area contributed by atoms with Crippen LogP contribution in [0.3, 0.4) is 0 Å². The molecule has 0 spiro atoms. The number of amides is 2. The summed E-state index contributed by atoms with van der Waals surface area (Å²) in [6, 6.07) is 1.61. The summed E-state index contributed by atoms with van der Waals surface area (Å²) in [7, 11) is 1.73. The Balaban J connectivity index is 2.88. The Hall–Kier alpha value is -1.65. The zero-order valence-electron chi connectivity index (χ0n) is 6.87. The van der Waals surface area contributed by atoms with Crippen molar-refractivity contribution in [3.05, 3.63) is 17.5 Å². The van der Waals surface area contributed by atoms with Crippen LogP contribution in [0.4, 0.5) is 0 Å². The van der Waals surface area contributed by atoms with E-state index in [2.05, 4.69) is 5.10 Å². The molecule has 5 heteroatoms. The molecule has 2 amide bonds. The van der Waals surface area contributed by atoms with Gasteiger partial charge >= 0.3 is 0 Å². The van der Waals surface area contributed by atoms with Crippen molar-refractivity contribution in [2.75, 3.05) is 0 Å². The van der Waals surface area contributed by atoms with Gasteiger partial charge in [0.25, 0.3) is 5.91 Å². The standard InChI is InChI=1S/C7H9N3O2/c1-5-3-6(9-10(5)2)7(12)8-4-11/h3-4H,1-2H3,(H,8,11,12). The van der Waals surface area contributed by atoms with Gasteiger partial charge in [0.05, 0.1) is 0 Å². The highest BCUT2D eigenvalue weighted by molar-refractivity contribution is 5.98. The smallest absolute Gasteiger partial charge is 0.278 e. The molecule has 1 aromatic rings. The molecule has 0 atom stereocenters. The maximum Gasteiger partial charge on any atom is 0.278 e.